The Morgan fingerprint density at radius 3 is 2.88 bits per heavy atom. The SMILES string of the molecule is C/N=C(/NCCc1c[nH]c(C)c1)NC(=N)N. The van der Waals surface area contributed by atoms with E-state index in [4.69, 9.17) is 11.1 Å². The molecule has 0 aliphatic heterocycles. The molecule has 0 amide bonds. The van der Waals surface area contributed by atoms with Gasteiger partial charge in [0.25, 0.3) is 0 Å². The van der Waals surface area contributed by atoms with Crippen molar-refractivity contribution in [3.8, 4) is 0 Å². The zero-order chi connectivity index (χ0) is 12.0. The molecule has 0 radical (unpaired) electrons. The zero-order valence-corrected chi connectivity index (χ0v) is 9.59. The first-order valence-electron chi connectivity index (χ1n) is 5.07. The molecule has 0 saturated carbocycles. The summed E-state index contributed by atoms with van der Waals surface area (Å²) in [4.78, 5) is 7.06. The molecule has 0 aromatic carbocycles. The van der Waals surface area contributed by atoms with Crippen molar-refractivity contribution in [2.24, 2.45) is 10.7 Å². The van der Waals surface area contributed by atoms with Crippen LogP contribution in [0.5, 0.6) is 0 Å². The number of nitrogens with one attached hydrogen (secondary N) is 4. The highest BCUT2D eigenvalue weighted by Crippen LogP contribution is 2.01. The van der Waals surface area contributed by atoms with E-state index in [2.05, 4.69) is 26.7 Å². The molecule has 0 aliphatic carbocycles. The van der Waals surface area contributed by atoms with Crippen molar-refractivity contribution < 1.29 is 0 Å². The molecule has 6 heteroatoms. The fourth-order valence-corrected chi connectivity index (χ4v) is 1.34. The van der Waals surface area contributed by atoms with Gasteiger partial charge in [0, 0.05) is 25.5 Å². The van der Waals surface area contributed by atoms with E-state index in [0.29, 0.717) is 5.96 Å². The number of aromatic amines is 1. The van der Waals surface area contributed by atoms with Gasteiger partial charge in [-0.15, -0.1) is 0 Å². The average molecular weight is 222 g/mol. The third-order valence-corrected chi connectivity index (χ3v) is 2.07. The zero-order valence-electron chi connectivity index (χ0n) is 9.59. The van der Waals surface area contributed by atoms with Crippen LogP contribution in [-0.4, -0.2) is 30.5 Å². The monoisotopic (exact) mass is 222 g/mol. The molecule has 88 valence electrons. The smallest absolute Gasteiger partial charge is 0.197 e. The fourth-order valence-electron chi connectivity index (χ4n) is 1.34. The molecule has 0 unspecified atom stereocenters. The van der Waals surface area contributed by atoms with Gasteiger partial charge in [-0.25, -0.2) is 0 Å². The Balaban J connectivity index is 2.31. The summed E-state index contributed by atoms with van der Waals surface area (Å²) in [5, 5.41) is 12.7. The van der Waals surface area contributed by atoms with Crippen LogP contribution >= 0.6 is 0 Å². The van der Waals surface area contributed by atoms with Crippen molar-refractivity contribution in [3.63, 3.8) is 0 Å². The Kier molecular flexibility index (Phi) is 4.38. The van der Waals surface area contributed by atoms with Crippen molar-refractivity contribution in [1.82, 2.24) is 15.6 Å². The third kappa shape index (κ3) is 4.04. The molecule has 0 aliphatic rings. The van der Waals surface area contributed by atoms with Crippen LogP contribution in [-0.2, 0) is 6.42 Å². The molecule has 0 bridgehead atoms. The van der Waals surface area contributed by atoms with Crippen LogP contribution in [0.25, 0.3) is 0 Å². The molecule has 1 heterocycles. The van der Waals surface area contributed by atoms with Gasteiger partial charge in [0.2, 0.25) is 0 Å². The number of guanidine groups is 2. The molecule has 16 heavy (non-hydrogen) atoms. The Labute approximate surface area is 94.9 Å². The normalized spacial score (nSPS) is 11.2. The first kappa shape index (κ1) is 12.1. The number of rotatable bonds is 3. The Morgan fingerprint density at radius 2 is 2.38 bits per heavy atom. The van der Waals surface area contributed by atoms with Gasteiger partial charge in [0.15, 0.2) is 11.9 Å². The van der Waals surface area contributed by atoms with E-state index in [0.717, 1.165) is 18.7 Å². The Bertz CT molecular complexity index is 378. The quantitative estimate of drug-likeness (QED) is 0.365. The lowest BCUT2D eigenvalue weighted by atomic mass is 10.2. The number of hydrogen-bond acceptors (Lipinski definition) is 2. The second kappa shape index (κ2) is 5.79. The summed E-state index contributed by atoms with van der Waals surface area (Å²) in [6, 6.07) is 2.10. The number of aryl methyl sites for hydroxylation is 1. The highest BCUT2D eigenvalue weighted by Gasteiger charge is 1.99. The molecule has 1 aromatic heterocycles. The van der Waals surface area contributed by atoms with Crippen molar-refractivity contribution in [2.75, 3.05) is 13.6 Å². The van der Waals surface area contributed by atoms with Crippen LogP contribution in [0, 0.1) is 12.3 Å². The minimum Gasteiger partial charge on any atom is -0.370 e. The van der Waals surface area contributed by atoms with E-state index >= 15 is 0 Å². The van der Waals surface area contributed by atoms with Gasteiger partial charge >= 0.3 is 0 Å². The van der Waals surface area contributed by atoms with Gasteiger partial charge in [0.05, 0.1) is 0 Å². The average Bonchev–Trinajstić information content (AvgIpc) is 2.62. The van der Waals surface area contributed by atoms with Gasteiger partial charge < -0.3 is 16.0 Å². The predicted octanol–water partition coefficient (Wildman–Crippen LogP) is -0.0759. The summed E-state index contributed by atoms with van der Waals surface area (Å²) < 4.78 is 0. The molecule has 0 fully saturated rings. The molecule has 6 nitrogen and oxygen atoms in total. The largest absolute Gasteiger partial charge is 0.370 e. The van der Waals surface area contributed by atoms with Crippen molar-refractivity contribution in [2.45, 2.75) is 13.3 Å². The lowest BCUT2D eigenvalue weighted by molar-refractivity contribution is 0.845. The fraction of sp³-hybridized carbons (Fsp3) is 0.400. The van der Waals surface area contributed by atoms with Crippen LogP contribution in [0.1, 0.15) is 11.3 Å². The molecule has 1 rings (SSSR count). The van der Waals surface area contributed by atoms with Gasteiger partial charge in [-0.1, -0.05) is 0 Å². The number of H-pyrrole nitrogens is 1. The topological polar surface area (TPSA) is 102 Å². The maximum Gasteiger partial charge on any atom is 0.197 e. The molecule has 0 spiro atoms. The van der Waals surface area contributed by atoms with E-state index in [-0.39, 0.29) is 5.96 Å². The molecule has 0 saturated heterocycles. The standard InChI is InChI=1S/C10H18N6/c1-7-5-8(6-15-7)3-4-14-10(13-2)16-9(11)12/h5-6,15H,3-4H2,1-2H3,(H5,11,12,13,14,16). The summed E-state index contributed by atoms with van der Waals surface area (Å²) in [6.07, 6.45) is 2.88. The van der Waals surface area contributed by atoms with E-state index < -0.39 is 0 Å². The predicted molar refractivity (Wildman–Crippen MR) is 65.6 cm³/mol. The summed E-state index contributed by atoms with van der Waals surface area (Å²) in [7, 11) is 1.64. The second-order valence-corrected chi connectivity index (χ2v) is 3.48. The van der Waals surface area contributed by atoms with Crippen molar-refractivity contribution in [1.29, 1.82) is 5.41 Å². The summed E-state index contributed by atoms with van der Waals surface area (Å²) in [5.74, 6) is 0.394. The van der Waals surface area contributed by atoms with E-state index in [1.54, 1.807) is 7.05 Å². The van der Waals surface area contributed by atoms with Crippen LogP contribution < -0.4 is 16.4 Å². The molecule has 1 aromatic rings. The van der Waals surface area contributed by atoms with Crippen LogP contribution in [0.4, 0.5) is 0 Å². The summed E-state index contributed by atoms with van der Waals surface area (Å²) in [6.45, 7) is 2.76. The number of aliphatic imine (C=N–C) groups is 1. The lowest BCUT2D eigenvalue weighted by Crippen LogP contribution is -2.44. The summed E-state index contributed by atoms with van der Waals surface area (Å²) >= 11 is 0. The number of aromatic nitrogens is 1. The van der Waals surface area contributed by atoms with Crippen LogP contribution in [0.3, 0.4) is 0 Å². The van der Waals surface area contributed by atoms with Gasteiger partial charge in [-0.05, 0) is 25.0 Å². The molecule has 6 N–H and O–H groups in total. The van der Waals surface area contributed by atoms with Crippen molar-refractivity contribution >= 4 is 11.9 Å². The lowest BCUT2D eigenvalue weighted by Gasteiger charge is -2.09. The van der Waals surface area contributed by atoms with Gasteiger partial charge in [-0.2, -0.15) is 0 Å². The highest BCUT2D eigenvalue weighted by atomic mass is 15.2. The number of nitrogens with two attached hydrogens (primary N) is 1. The minimum atomic E-state index is -0.120. The molecule has 0 atom stereocenters. The maximum atomic E-state index is 7.07. The highest BCUT2D eigenvalue weighted by molar-refractivity contribution is 5.96. The Morgan fingerprint density at radius 1 is 1.62 bits per heavy atom. The minimum absolute atomic E-state index is 0.120. The van der Waals surface area contributed by atoms with E-state index in [9.17, 15) is 0 Å². The van der Waals surface area contributed by atoms with Crippen LogP contribution in [0.15, 0.2) is 17.3 Å². The third-order valence-electron chi connectivity index (χ3n) is 2.07. The van der Waals surface area contributed by atoms with Gasteiger partial charge in [-0.3, -0.25) is 15.7 Å². The van der Waals surface area contributed by atoms with Crippen molar-refractivity contribution in [3.05, 3.63) is 23.5 Å². The Hall–Kier alpha value is -1.98. The van der Waals surface area contributed by atoms with E-state index in [1.807, 2.05) is 13.1 Å². The first-order chi connectivity index (χ1) is 7.61. The first-order valence-corrected chi connectivity index (χ1v) is 5.07. The number of nitrogens with zero attached hydrogens (tertiary/aromatic N) is 1. The molecular weight excluding hydrogens is 204 g/mol. The van der Waals surface area contributed by atoms with Crippen LogP contribution in [0.2, 0.25) is 0 Å². The summed E-state index contributed by atoms with van der Waals surface area (Å²) in [5.41, 5.74) is 7.59. The maximum absolute atomic E-state index is 7.07. The number of hydrogen-bond donors (Lipinski definition) is 5. The second-order valence-electron chi connectivity index (χ2n) is 3.48. The molecular formula is C10H18N6. The van der Waals surface area contributed by atoms with E-state index in [1.165, 1.54) is 5.56 Å². The van der Waals surface area contributed by atoms with Gasteiger partial charge in [0.1, 0.15) is 0 Å².